The Hall–Kier alpha value is -3.85. The van der Waals surface area contributed by atoms with Gasteiger partial charge < -0.3 is 14.8 Å². The van der Waals surface area contributed by atoms with E-state index in [4.69, 9.17) is 14.9 Å². The second-order valence-electron chi connectivity index (χ2n) is 6.85. The number of rotatable bonds is 7. The lowest BCUT2D eigenvalue weighted by atomic mass is 10.1. The number of carbonyl (C=O) groups excluding carboxylic acids is 2. The third-order valence-electron chi connectivity index (χ3n) is 4.50. The quantitative estimate of drug-likeness (QED) is 0.492. The van der Waals surface area contributed by atoms with Crippen LogP contribution < -0.4 is 14.8 Å². The highest BCUT2D eigenvalue weighted by Gasteiger charge is 2.30. The molecule has 0 aromatic heterocycles. The molecule has 0 fully saturated rings. The van der Waals surface area contributed by atoms with Crippen LogP contribution in [0.1, 0.15) is 12.5 Å². The number of fused-ring (bicyclic) bond motifs is 1. The van der Waals surface area contributed by atoms with Crippen LogP contribution in [0, 0.1) is 5.41 Å². The van der Waals surface area contributed by atoms with Crippen LogP contribution in [0.3, 0.4) is 0 Å². The number of amidine groups is 2. The Morgan fingerprint density at radius 1 is 1.09 bits per heavy atom. The van der Waals surface area contributed by atoms with Crippen LogP contribution >= 0.6 is 11.8 Å². The van der Waals surface area contributed by atoms with Gasteiger partial charge >= 0.3 is 0 Å². The SMILES string of the molecule is CC(=O)Nc1ccc(OCCOc2ccc(/C=C3/C(=N)N4C=CSC4=NC3=O)cc2)cc1. The first-order valence-electron chi connectivity index (χ1n) is 9.79. The minimum atomic E-state index is -0.417. The maximum absolute atomic E-state index is 12.3. The van der Waals surface area contributed by atoms with Crippen molar-refractivity contribution in [1.82, 2.24) is 4.90 Å². The van der Waals surface area contributed by atoms with Gasteiger partial charge in [0.15, 0.2) is 5.17 Å². The van der Waals surface area contributed by atoms with Gasteiger partial charge in [0.1, 0.15) is 30.5 Å². The summed E-state index contributed by atoms with van der Waals surface area (Å²) in [6.45, 7) is 2.17. The molecule has 4 rings (SSSR count). The van der Waals surface area contributed by atoms with Gasteiger partial charge in [0.05, 0.1) is 5.57 Å². The van der Waals surface area contributed by atoms with Crippen LogP contribution in [0.5, 0.6) is 11.5 Å². The van der Waals surface area contributed by atoms with Crippen molar-refractivity contribution in [2.45, 2.75) is 6.92 Å². The molecule has 0 aliphatic carbocycles. The topological polar surface area (TPSA) is 104 Å². The molecule has 2 aromatic carbocycles. The van der Waals surface area contributed by atoms with Gasteiger partial charge in [0.2, 0.25) is 5.91 Å². The summed E-state index contributed by atoms with van der Waals surface area (Å²) in [5.41, 5.74) is 1.73. The van der Waals surface area contributed by atoms with Crippen molar-refractivity contribution >= 4 is 46.3 Å². The highest BCUT2D eigenvalue weighted by molar-refractivity contribution is 8.16. The predicted molar refractivity (Wildman–Crippen MR) is 125 cm³/mol. The summed E-state index contributed by atoms with van der Waals surface area (Å²) in [7, 11) is 0. The second kappa shape index (κ2) is 9.52. The van der Waals surface area contributed by atoms with E-state index in [1.807, 2.05) is 12.1 Å². The molecule has 2 heterocycles. The van der Waals surface area contributed by atoms with Gasteiger partial charge in [-0.2, -0.15) is 4.99 Å². The number of carbonyl (C=O) groups is 2. The van der Waals surface area contributed by atoms with E-state index in [1.54, 1.807) is 59.0 Å². The van der Waals surface area contributed by atoms with Crippen molar-refractivity contribution in [2.75, 3.05) is 18.5 Å². The van der Waals surface area contributed by atoms with Crippen LogP contribution in [0.15, 0.2) is 70.7 Å². The molecule has 32 heavy (non-hydrogen) atoms. The van der Waals surface area contributed by atoms with E-state index in [2.05, 4.69) is 10.3 Å². The Labute approximate surface area is 189 Å². The lowest BCUT2D eigenvalue weighted by molar-refractivity contribution is -0.114. The molecule has 0 saturated carbocycles. The van der Waals surface area contributed by atoms with Gasteiger partial charge in [0, 0.05) is 18.8 Å². The van der Waals surface area contributed by atoms with Crippen LogP contribution in [-0.4, -0.2) is 40.9 Å². The number of benzene rings is 2. The molecule has 2 aromatic rings. The Morgan fingerprint density at radius 2 is 1.72 bits per heavy atom. The van der Waals surface area contributed by atoms with Crippen molar-refractivity contribution in [3.63, 3.8) is 0 Å². The monoisotopic (exact) mass is 448 g/mol. The van der Waals surface area contributed by atoms with Crippen molar-refractivity contribution in [3.8, 4) is 11.5 Å². The molecule has 162 valence electrons. The van der Waals surface area contributed by atoms with Crippen LogP contribution in [0.2, 0.25) is 0 Å². The Balaban J connectivity index is 1.28. The first-order chi connectivity index (χ1) is 15.5. The molecule has 0 bridgehead atoms. The van der Waals surface area contributed by atoms with Gasteiger partial charge in [-0.3, -0.25) is 19.9 Å². The normalized spacial score (nSPS) is 16.1. The molecule has 0 spiro atoms. The van der Waals surface area contributed by atoms with E-state index in [0.717, 1.165) is 5.56 Å². The molecule has 2 amide bonds. The second-order valence-corrected chi connectivity index (χ2v) is 7.72. The van der Waals surface area contributed by atoms with Crippen LogP contribution in [-0.2, 0) is 9.59 Å². The molecule has 9 heteroatoms. The zero-order valence-corrected chi connectivity index (χ0v) is 18.0. The Morgan fingerprint density at radius 3 is 2.34 bits per heavy atom. The Kier molecular flexibility index (Phi) is 6.37. The fourth-order valence-corrected chi connectivity index (χ4v) is 3.72. The number of hydrogen-bond donors (Lipinski definition) is 2. The third-order valence-corrected chi connectivity index (χ3v) is 5.26. The summed E-state index contributed by atoms with van der Waals surface area (Å²) in [6, 6.07) is 14.3. The van der Waals surface area contributed by atoms with E-state index in [9.17, 15) is 9.59 Å². The minimum absolute atomic E-state index is 0.115. The van der Waals surface area contributed by atoms with E-state index >= 15 is 0 Å². The first kappa shape index (κ1) is 21.4. The molecule has 2 N–H and O–H groups in total. The molecule has 8 nitrogen and oxygen atoms in total. The number of nitrogens with one attached hydrogen (secondary N) is 2. The van der Waals surface area contributed by atoms with Gasteiger partial charge in [-0.25, -0.2) is 0 Å². The Bertz CT molecular complexity index is 1140. The van der Waals surface area contributed by atoms with E-state index in [-0.39, 0.29) is 17.3 Å². The molecule has 2 aliphatic rings. The minimum Gasteiger partial charge on any atom is -0.490 e. The third kappa shape index (κ3) is 5.06. The largest absolute Gasteiger partial charge is 0.490 e. The van der Waals surface area contributed by atoms with Gasteiger partial charge in [-0.1, -0.05) is 23.9 Å². The number of nitrogens with zero attached hydrogens (tertiary/aromatic N) is 2. The van der Waals surface area contributed by atoms with Crippen molar-refractivity contribution < 1.29 is 19.1 Å². The number of ether oxygens (including phenoxy) is 2. The summed E-state index contributed by atoms with van der Waals surface area (Å²) in [6.07, 6.45) is 3.38. The average Bonchev–Trinajstić information content (AvgIpc) is 3.24. The molecule has 2 aliphatic heterocycles. The summed E-state index contributed by atoms with van der Waals surface area (Å²) in [4.78, 5) is 28.9. The maximum Gasteiger partial charge on any atom is 0.283 e. The molecule has 0 atom stereocenters. The lowest BCUT2D eigenvalue weighted by Crippen LogP contribution is -2.35. The molecular weight excluding hydrogens is 428 g/mol. The molecular formula is C23H20N4O4S. The fourth-order valence-electron chi connectivity index (χ4n) is 3.02. The summed E-state index contributed by atoms with van der Waals surface area (Å²) in [5.74, 6) is 0.926. The molecule has 0 saturated heterocycles. The van der Waals surface area contributed by atoms with Gasteiger partial charge in [0.25, 0.3) is 5.91 Å². The molecule has 0 unspecified atom stereocenters. The van der Waals surface area contributed by atoms with E-state index in [1.165, 1.54) is 18.7 Å². The zero-order valence-electron chi connectivity index (χ0n) is 17.2. The van der Waals surface area contributed by atoms with Crippen molar-refractivity contribution in [1.29, 1.82) is 5.41 Å². The van der Waals surface area contributed by atoms with Crippen molar-refractivity contribution in [2.24, 2.45) is 4.99 Å². The van der Waals surface area contributed by atoms with Crippen LogP contribution in [0.25, 0.3) is 6.08 Å². The first-order valence-corrected chi connectivity index (χ1v) is 10.7. The van der Waals surface area contributed by atoms with Gasteiger partial charge in [-0.15, -0.1) is 0 Å². The van der Waals surface area contributed by atoms with E-state index in [0.29, 0.717) is 35.6 Å². The number of aliphatic imine (C=N–C) groups is 1. The number of amides is 2. The van der Waals surface area contributed by atoms with Crippen molar-refractivity contribution in [3.05, 3.63) is 71.3 Å². The number of anilines is 1. The highest BCUT2D eigenvalue weighted by atomic mass is 32.2. The summed E-state index contributed by atoms with van der Waals surface area (Å²) in [5, 5.41) is 13.3. The predicted octanol–water partition coefficient (Wildman–Crippen LogP) is 3.88. The number of hydrogen-bond acceptors (Lipinski definition) is 6. The fraction of sp³-hybridized carbons (Fsp3) is 0.130. The highest BCUT2D eigenvalue weighted by Crippen LogP contribution is 2.27. The maximum atomic E-state index is 12.3. The molecule has 0 radical (unpaired) electrons. The van der Waals surface area contributed by atoms with Crippen LogP contribution in [0.4, 0.5) is 5.69 Å². The standard InChI is InChI=1S/C23H20N4O4S/c1-15(28)25-17-4-8-19(9-5-17)31-12-11-30-18-6-2-16(3-7-18)14-20-21(24)27-10-13-32-23(27)26-22(20)29/h2-10,13-14,24H,11-12H2,1H3,(H,25,28)/b20-14-,24-21?. The number of thioether (sulfide) groups is 1. The smallest absolute Gasteiger partial charge is 0.283 e. The summed E-state index contributed by atoms with van der Waals surface area (Å²) >= 11 is 1.32. The summed E-state index contributed by atoms with van der Waals surface area (Å²) < 4.78 is 11.3. The van der Waals surface area contributed by atoms with E-state index < -0.39 is 5.91 Å². The van der Waals surface area contributed by atoms with Gasteiger partial charge in [-0.05, 0) is 53.4 Å². The average molecular weight is 449 g/mol. The zero-order chi connectivity index (χ0) is 22.5. The lowest BCUT2D eigenvalue weighted by Gasteiger charge is -2.22.